The summed E-state index contributed by atoms with van der Waals surface area (Å²) < 4.78 is 4.54. The summed E-state index contributed by atoms with van der Waals surface area (Å²) in [7, 11) is 1.33. The van der Waals surface area contributed by atoms with E-state index in [1.54, 1.807) is 12.1 Å². The molecule has 0 aliphatic heterocycles. The largest absolute Gasteiger partial charge is 0.453 e. The summed E-state index contributed by atoms with van der Waals surface area (Å²) >= 11 is 6.18. The highest BCUT2D eigenvalue weighted by atomic mass is 35.5. The third-order valence-corrected chi connectivity index (χ3v) is 3.42. The van der Waals surface area contributed by atoms with Crippen LogP contribution in [-0.4, -0.2) is 13.2 Å². The van der Waals surface area contributed by atoms with E-state index in [9.17, 15) is 4.79 Å². The van der Waals surface area contributed by atoms with Crippen LogP contribution in [0.2, 0.25) is 5.02 Å². The van der Waals surface area contributed by atoms with Crippen LogP contribution >= 0.6 is 11.6 Å². The minimum atomic E-state index is -0.486. The van der Waals surface area contributed by atoms with Crippen molar-refractivity contribution in [3.63, 3.8) is 0 Å². The molecule has 0 spiro atoms. The number of methoxy groups -OCH3 is 1. The second kappa shape index (κ2) is 6.99. The molecule has 0 aliphatic carbocycles. The SMILES string of the molecule is COC(=O)Nc1ccc(NC(C)c2ccccc2Cl)cc1. The summed E-state index contributed by atoms with van der Waals surface area (Å²) in [6.07, 6.45) is -0.486. The Morgan fingerprint density at radius 3 is 2.33 bits per heavy atom. The molecule has 0 aromatic heterocycles. The Hall–Kier alpha value is -2.20. The van der Waals surface area contributed by atoms with E-state index in [0.29, 0.717) is 5.69 Å². The third-order valence-electron chi connectivity index (χ3n) is 3.07. The van der Waals surface area contributed by atoms with Crippen molar-refractivity contribution in [3.05, 3.63) is 59.1 Å². The Bertz CT molecular complexity index is 614. The minimum Gasteiger partial charge on any atom is -0.453 e. The lowest BCUT2D eigenvalue weighted by atomic mass is 10.1. The smallest absolute Gasteiger partial charge is 0.411 e. The van der Waals surface area contributed by atoms with Gasteiger partial charge in [0.1, 0.15) is 0 Å². The van der Waals surface area contributed by atoms with Crippen LogP contribution in [0.5, 0.6) is 0 Å². The molecule has 2 N–H and O–H groups in total. The van der Waals surface area contributed by atoms with Crippen molar-refractivity contribution in [1.29, 1.82) is 0 Å². The minimum absolute atomic E-state index is 0.0816. The maximum absolute atomic E-state index is 11.1. The van der Waals surface area contributed by atoms with Gasteiger partial charge in [0.05, 0.1) is 7.11 Å². The molecule has 21 heavy (non-hydrogen) atoms. The van der Waals surface area contributed by atoms with E-state index in [1.807, 2.05) is 43.3 Å². The third kappa shape index (κ3) is 4.13. The lowest BCUT2D eigenvalue weighted by Crippen LogP contribution is -2.11. The summed E-state index contributed by atoms with van der Waals surface area (Å²) in [4.78, 5) is 11.1. The molecule has 1 unspecified atom stereocenters. The fourth-order valence-electron chi connectivity index (χ4n) is 1.97. The van der Waals surface area contributed by atoms with Crippen LogP contribution in [0.25, 0.3) is 0 Å². The maximum atomic E-state index is 11.1. The van der Waals surface area contributed by atoms with Crippen molar-refractivity contribution < 1.29 is 9.53 Å². The molecule has 4 nitrogen and oxygen atoms in total. The molecular weight excluding hydrogens is 288 g/mol. The van der Waals surface area contributed by atoms with Gasteiger partial charge in [-0.2, -0.15) is 0 Å². The number of carbonyl (C=O) groups excluding carboxylic acids is 1. The van der Waals surface area contributed by atoms with E-state index < -0.39 is 6.09 Å². The number of hydrogen-bond acceptors (Lipinski definition) is 3. The molecule has 2 aromatic carbocycles. The first-order valence-corrected chi connectivity index (χ1v) is 6.94. The van der Waals surface area contributed by atoms with E-state index in [0.717, 1.165) is 16.3 Å². The summed E-state index contributed by atoms with van der Waals surface area (Å²) in [5.41, 5.74) is 2.66. The van der Waals surface area contributed by atoms with Gasteiger partial charge in [-0.15, -0.1) is 0 Å². The number of anilines is 2. The number of amides is 1. The Kier molecular flexibility index (Phi) is 5.06. The molecule has 1 amide bonds. The zero-order valence-electron chi connectivity index (χ0n) is 11.9. The van der Waals surface area contributed by atoms with Crippen LogP contribution in [0, 0.1) is 0 Å². The Morgan fingerprint density at radius 2 is 1.71 bits per heavy atom. The van der Waals surface area contributed by atoms with Crippen LogP contribution in [0.15, 0.2) is 48.5 Å². The molecule has 0 fully saturated rings. The second-order valence-corrected chi connectivity index (χ2v) is 4.99. The molecule has 2 rings (SSSR count). The zero-order chi connectivity index (χ0) is 15.2. The normalized spacial score (nSPS) is 11.6. The highest BCUT2D eigenvalue weighted by Crippen LogP contribution is 2.26. The second-order valence-electron chi connectivity index (χ2n) is 4.58. The first-order chi connectivity index (χ1) is 10.1. The van der Waals surface area contributed by atoms with E-state index in [-0.39, 0.29) is 6.04 Å². The van der Waals surface area contributed by atoms with E-state index in [2.05, 4.69) is 15.4 Å². The summed E-state index contributed by atoms with van der Waals surface area (Å²) in [6.45, 7) is 2.04. The van der Waals surface area contributed by atoms with Crippen LogP contribution in [0.3, 0.4) is 0 Å². The van der Waals surface area contributed by atoms with E-state index >= 15 is 0 Å². The number of halogens is 1. The Labute approximate surface area is 129 Å². The highest BCUT2D eigenvalue weighted by molar-refractivity contribution is 6.31. The number of carbonyl (C=O) groups is 1. The van der Waals surface area contributed by atoms with E-state index in [1.165, 1.54) is 7.11 Å². The van der Waals surface area contributed by atoms with Gasteiger partial charge in [-0.25, -0.2) is 4.79 Å². The van der Waals surface area contributed by atoms with Crippen LogP contribution in [0.4, 0.5) is 16.2 Å². The van der Waals surface area contributed by atoms with Gasteiger partial charge in [-0.1, -0.05) is 29.8 Å². The zero-order valence-corrected chi connectivity index (χ0v) is 12.6. The molecular formula is C16H17ClN2O2. The fraction of sp³-hybridized carbons (Fsp3) is 0.188. The molecule has 0 bridgehead atoms. The first-order valence-electron chi connectivity index (χ1n) is 6.56. The molecule has 0 radical (unpaired) electrons. The van der Waals surface area contributed by atoms with E-state index in [4.69, 9.17) is 11.6 Å². The van der Waals surface area contributed by atoms with Gasteiger partial charge in [0, 0.05) is 22.4 Å². The summed E-state index contributed by atoms with van der Waals surface area (Å²) in [6, 6.07) is 15.2. The van der Waals surface area contributed by atoms with Gasteiger partial charge in [-0.3, -0.25) is 5.32 Å². The average Bonchev–Trinajstić information content (AvgIpc) is 2.49. The number of rotatable bonds is 4. The molecule has 0 saturated carbocycles. The van der Waals surface area contributed by atoms with Crippen LogP contribution in [0.1, 0.15) is 18.5 Å². The first kappa shape index (κ1) is 15.2. The van der Waals surface area contributed by atoms with Crippen molar-refractivity contribution in [2.45, 2.75) is 13.0 Å². The Morgan fingerprint density at radius 1 is 1.10 bits per heavy atom. The molecule has 0 saturated heterocycles. The lowest BCUT2D eigenvalue weighted by Gasteiger charge is -2.17. The monoisotopic (exact) mass is 304 g/mol. The molecule has 5 heteroatoms. The van der Waals surface area contributed by atoms with Crippen molar-refractivity contribution in [3.8, 4) is 0 Å². The van der Waals surface area contributed by atoms with Crippen molar-refractivity contribution in [1.82, 2.24) is 0 Å². The van der Waals surface area contributed by atoms with Crippen molar-refractivity contribution in [2.75, 3.05) is 17.7 Å². The topological polar surface area (TPSA) is 50.4 Å². The molecule has 2 aromatic rings. The quantitative estimate of drug-likeness (QED) is 0.861. The summed E-state index contributed by atoms with van der Waals surface area (Å²) in [5.74, 6) is 0. The molecule has 1 atom stereocenters. The van der Waals surface area contributed by atoms with Gasteiger partial charge in [0.2, 0.25) is 0 Å². The molecule has 0 aliphatic rings. The number of nitrogens with one attached hydrogen (secondary N) is 2. The number of ether oxygens (including phenoxy) is 1. The van der Waals surface area contributed by atoms with Gasteiger partial charge < -0.3 is 10.1 Å². The predicted molar refractivity (Wildman–Crippen MR) is 86.0 cm³/mol. The predicted octanol–water partition coefficient (Wildman–Crippen LogP) is 4.69. The van der Waals surface area contributed by atoms with Crippen LogP contribution in [-0.2, 0) is 4.74 Å². The standard InChI is InChI=1S/C16H17ClN2O2/c1-11(14-5-3-4-6-15(14)17)18-12-7-9-13(10-8-12)19-16(20)21-2/h3-11,18H,1-2H3,(H,19,20). The van der Waals surface area contributed by atoms with Gasteiger partial charge in [-0.05, 0) is 42.8 Å². The number of hydrogen-bond donors (Lipinski definition) is 2. The summed E-state index contributed by atoms with van der Waals surface area (Å²) in [5, 5.41) is 6.71. The van der Waals surface area contributed by atoms with Crippen molar-refractivity contribution in [2.24, 2.45) is 0 Å². The highest BCUT2D eigenvalue weighted by Gasteiger charge is 2.09. The van der Waals surface area contributed by atoms with Gasteiger partial charge in [0.15, 0.2) is 0 Å². The maximum Gasteiger partial charge on any atom is 0.411 e. The molecule has 110 valence electrons. The lowest BCUT2D eigenvalue weighted by molar-refractivity contribution is 0.187. The average molecular weight is 305 g/mol. The van der Waals surface area contributed by atoms with Crippen molar-refractivity contribution >= 4 is 29.1 Å². The van der Waals surface area contributed by atoms with Gasteiger partial charge >= 0.3 is 6.09 Å². The molecule has 0 heterocycles. The van der Waals surface area contributed by atoms with Crippen LogP contribution < -0.4 is 10.6 Å². The Balaban J connectivity index is 2.03. The number of benzene rings is 2. The van der Waals surface area contributed by atoms with Gasteiger partial charge in [0.25, 0.3) is 0 Å². The fourth-order valence-corrected chi connectivity index (χ4v) is 2.27.